The van der Waals surface area contributed by atoms with Gasteiger partial charge in [-0.05, 0) is 49.1 Å². The molecule has 0 aromatic heterocycles. The molecule has 1 amide bonds. The Labute approximate surface area is 177 Å². The van der Waals surface area contributed by atoms with Crippen molar-refractivity contribution in [1.29, 1.82) is 0 Å². The molecule has 0 radical (unpaired) electrons. The van der Waals surface area contributed by atoms with Gasteiger partial charge in [0.2, 0.25) is 5.91 Å². The van der Waals surface area contributed by atoms with Crippen LogP contribution in [0.5, 0.6) is 11.5 Å². The van der Waals surface area contributed by atoms with Crippen molar-refractivity contribution >= 4 is 27.3 Å². The van der Waals surface area contributed by atoms with Gasteiger partial charge in [0, 0.05) is 24.2 Å². The normalized spacial score (nSPS) is 16.4. The van der Waals surface area contributed by atoms with Gasteiger partial charge in [0.15, 0.2) is 0 Å². The average molecular weight is 431 g/mol. The van der Waals surface area contributed by atoms with E-state index in [2.05, 4.69) is 4.72 Å². The van der Waals surface area contributed by atoms with Gasteiger partial charge in [0.05, 0.1) is 19.9 Å². The van der Waals surface area contributed by atoms with E-state index in [1.54, 1.807) is 18.2 Å². The topological polar surface area (TPSA) is 84.9 Å². The zero-order valence-electron chi connectivity index (χ0n) is 17.2. The number of carbonyl (C=O) groups excluding carboxylic acids is 1. The Hall–Kier alpha value is -2.74. The molecule has 2 aromatic carbocycles. The molecule has 0 atom stereocenters. The molecule has 0 saturated heterocycles. The predicted octanol–water partition coefficient (Wildman–Crippen LogP) is 3.58. The summed E-state index contributed by atoms with van der Waals surface area (Å²) in [6.45, 7) is 0.646. The minimum absolute atomic E-state index is 0.0187. The molecule has 1 aliphatic carbocycles. The third-order valence-electron chi connectivity index (χ3n) is 5.86. The minimum Gasteiger partial charge on any atom is -0.497 e. The molecule has 8 heteroatoms. The molecular formula is C22H26N2O5S. The number of rotatable bonds is 6. The zero-order valence-corrected chi connectivity index (χ0v) is 18.0. The highest BCUT2D eigenvalue weighted by molar-refractivity contribution is 7.92. The van der Waals surface area contributed by atoms with Gasteiger partial charge in [-0.15, -0.1) is 0 Å². The summed E-state index contributed by atoms with van der Waals surface area (Å²) in [5.74, 6) is 0.938. The van der Waals surface area contributed by atoms with Crippen LogP contribution in [0.4, 0.5) is 11.4 Å². The first-order chi connectivity index (χ1) is 14.4. The SMILES string of the molecule is COc1ccc(S(=O)(=O)Nc2ccc3c(c2)N(C(=O)C2CCCC2)CC3)c(OC)c1. The standard InChI is InChI=1S/C22H26N2O5S/c1-28-18-9-10-21(20(14-18)29-2)30(26,27)23-17-8-7-15-11-12-24(19(15)13-17)22(25)16-5-3-4-6-16/h7-10,13-14,16,23H,3-6,11-12H2,1-2H3. The molecule has 7 nitrogen and oxygen atoms in total. The number of nitrogens with zero attached hydrogens (tertiary/aromatic N) is 1. The summed E-state index contributed by atoms with van der Waals surface area (Å²) >= 11 is 0. The van der Waals surface area contributed by atoms with Gasteiger partial charge >= 0.3 is 0 Å². The van der Waals surface area contributed by atoms with E-state index in [4.69, 9.17) is 9.47 Å². The van der Waals surface area contributed by atoms with E-state index in [9.17, 15) is 13.2 Å². The number of hydrogen-bond acceptors (Lipinski definition) is 5. The largest absolute Gasteiger partial charge is 0.497 e. The lowest BCUT2D eigenvalue weighted by molar-refractivity contribution is -0.122. The highest BCUT2D eigenvalue weighted by atomic mass is 32.2. The van der Waals surface area contributed by atoms with E-state index >= 15 is 0 Å². The zero-order chi connectivity index (χ0) is 21.3. The molecule has 1 saturated carbocycles. The third kappa shape index (κ3) is 3.84. The van der Waals surface area contributed by atoms with Gasteiger partial charge < -0.3 is 14.4 Å². The lowest BCUT2D eigenvalue weighted by Gasteiger charge is -2.22. The van der Waals surface area contributed by atoms with Crippen LogP contribution in [0.25, 0.3) is 0 Å². The fourth-order valence-electron chi connectivity index (χ4n) is 4.27. The molecule has 1 N–H and O–H groups in total. The molecular weight excluding hydrogens is 404 g/mol. The molecule has 160 valence electrons. The second kappa shape index (κ2) is 8.18. The van der Waals surface area contributed by atoms with E-state index in [1.807, 2.05) is 11.0 Å². The monoisotopic (exact) mass is 430 g/mol. The van der Waals surface area contributed by atoms with Crippen molar-refractivity contribution in [3.63, 3.8) is 0 Å². The first-order valence-electron chi connectivity index (χ1n) is 10.1. The van der Waals surface area contributed by atoms with Crippen LogP contribution in [0.1, 0.15) is 31.2 Å². The Morgan fingerprint density at radius 3 is 2.53 bits per heavy atom. The van der Waals surface area contributed by atoms with Crippen molar-refractivity contribution in [2.45, 2.75) is 37.0 Å². The van der Waals surface area contributed by atoms with Crippen LogP contribution in [-0.4, -0.2) is 35.1 Å². The van der Waals surface area contributed by atoms with Crippen molar-refractivity contribution in [3.8, 4) is 11.5 Å². The quantitative estimate of drug-likeness (QED) is 0.757. The number of anilines is 2. The number of fused-ring (bicyclic) bond motifs is 1. The van der Waals surface area contributed by atoms with Gasteiger partial charge in [0.1, 0.15) is 16.4 Å². The van der Waals surface area contributed by atoms with Crippen molar-refractivity contribution in [3.05, 3.63) is 42.0 Å². The van der Waals surface area contributed by atoms with E-state index in [-0.39, 0.29) is 22.5 Å². The van der Waals surface area contributed by atoms with Crippen molar-refractivity contribution < 1.29 is 22.7 Å². The highest BCUT2D eigenvalue weighted by Gasteiger charge is 2.32. The Kier molecular flexibility index (Phi) is 5.60. The predicted molar refractivity (Wildman–Crippen MR) is 115 cm³/mol. The summed E-state index contributed by atoms with van der Waals surface area (Å²) in [5.41, 5.74) is 2.28. The summed E-state index contributed by atoms with van der Waals surface area (Å²) in [5, 5.41) is 0. The minimum atomic E-state index is -3.89. The lowest BCUT2D eigenvalue weighted by Crippen LogP contribution is -2.33. The Bertz CT molecular complexity index is 1060. The summed E-state index contributed by atoms with van der Waals surface area (Å²) in [6.07, 6.45) is 4.86. The van der Waals surface area contributed by atoms with Crippen LogP contribution in [0.15, 0.2) is 41.3 Å². The molecule has 4 rings (SSSR count). The van der Waals surface area contributed by atoms with Crippen LogP contribution < -0.4 is 19.1 Å². The van der Waals surface area contributed by atoms with Crippen molar-refractivity contribution in [2.75, 3.05) is 30.4 Å². The maximum atomic E-state index is 13.0. The van der Waals surface area contributed by atoms with Crippen molar-refractivity contribution in [1.82, 2.24) is 0 Å². The fraction of sp³-hybridized carbons (Fsp3) is 0.409. The number of benzene rings is 2. The van der Waals surface area contributed by atoms with E-state index in [1.165, 1.54) is 26.4 Å². The van der Waals surface area contributed by atoms with Crippen LogP contribution in [0.3, 0.4) is 0 Å². The average Bonchev–Trinajstić information content (AvgIpc) is 3.42. The molecule has 1 aliphatic heterocycles. The Balaban J connectivity index is 1.60. The first-order valence-corrected chi connectivity index (χ1v) is 11.6. The molecule has 1 heterocycles. The van der Waals surface area contributed by atoms with Crippen molar-refractivity contribution in [2.24, 2.45) is 5.92 Å². The molecule has 2 aliphatic rings. The van der Waals surface area contributed by atoms with E-state index in [0.29, 0.717) is 18.0 Å². The van der Waals surface area contributed by atoms with Gasteiger partial charge in [-0.1, -0.05) is 18.9 Å². The van der Waals surface area contributed by atoms with Gasteiger partial charge in [0.25, 0.3) is 10.0 Å². The first kappa shape index (κ1) is 20.5. The maximum Gasteiger partial charge on any atom is 0.265 e. The van der Waals surface area contributed by atoms with Crippen LogP contribution in [0.2, 0.25) is 0 Å². The summed E-state index contributed by atoms with van der Waals surface area (Å²) in [7, 11) is -0.969. The second-order valence-electron chi connectivity index (χ2n) is 7.69. The lowest BCUT2D eigenvalue weighted by atomic mass is 10.1. The number of nitrogens with one attached hydrogen (secondary N) is 1. The molecule has 2 aromatic rings. The maximum absolute atomic E-state index is 13.0. The number of sulfonamides is 1. The molecule has 0 unspecified atom stereocenters. The molecule has 0 spiro atoms. The third-order valence-corrected chi connectivity index (χ3v) is 7.28. The Morgan fingerprint density at radius 2 is 1.83 bits per heavy atom. The van der Waals surface area contributed by atoms with Crippen LogP contribution in [0, 0.1) is 5.92 Å². The number of methoxy groups -OCH3 is 2. The molecule has 30 heavy (non-hydrogen) atoms. The van der Waals surface area contributed by atoms with Gasteiger partial charge in [-0.3, -0.25) is 9.52 Å². The van der Waals surface area contributed by atoms with E-state index < -0.39 is 10.0 Å². The highest BCUT2D eigenvalue weighted by Crippen LogP contribution is 2.36. The molecule has 1 fully saturated rings. The van der Waals surface area contributed by atoms with E-state index in [0.717, 1.165) is 43.4 Å². The fourth-order valence-corrected chi connectivity index (χ4v) is 5.47. The molecule has 0 bridgehead atoms. The van der Waals surface area contributed by atoms with Crippen LogP contribution in [-0.2, 0) is 21.2 Å². The van der Waals surface area contributed by atoms with Gasteiger partial charge in [-0.2, -0.15) is 0 Å². The summed E-state index contributed by atoms with van der Waals surface area (Å²) in [6, 6.07) is 9.92. The second-order valence-corrected chi connectivity index (χ2v) is 9.34. The Morgan fingerprint density at radius 1 is 1.07 bits per heavy atom. The number of hydrogen-bond donors (Lipinski definition) is 1. The summed E-state index contributed by atoms with van der Waals surface area (Å²) in [4.78, 5) is 14.8. The van der Waals surface area contributed by atoms with Gasteiger partial charge in [-0.25, -0.2) is 8.42 Å². The number of ether oxygens (including phenoxy) is 2. The number of amides is 1. The summed E-state index contributed by atoms with van der Waals surface area (Å²) < 4.78 is 39.0. The van der Waals surface area contributed by atoms with Crippen LogP contribution >= 0.6 is 0 Å². The number of carbonyl (C=O) groups is 1. The smallest absolute Gasteiger partial charge is 0.265 e.